The van der Waals surface area contributed by atoms with E-state index in [1.807, 2.05) is 30.3 Å². The highest BCUT2D eigenvalue weighted by atomic mass is 32.1. The Kier molecular flexibility index (Phi) is 3.66. The fraction of sp³-hybridized carbons (Fsp3) is 0.182. The number of rotatable bonds is 4. The van der Waals surface area contributed by atoms with E-state index < -0.39 is 0 Å². The summed E-state index contributed by atoms with van der Waals surface area (Å²) in [6, 6.07) is 9.86. The third kappa shape index (κ3) is 3.25. The van der Waals surface area contributed by atoms with Crippen molar-refractivity contribution in [3.63, 3.8) is 0 Å². The van der Waals surface area contributed by atoms with Crippen molar-refractivity contribution >= 4 is 18.1 Å². The van der Waals surface area contributed by atoms with Gasteiger partial charge in [0.15, 0.2) is 0 Å². The maximum absolute atomic E-state index is 11.6. The highest BCUT2D eigenvalue weighted by Gasteiger charge is 2.03. The molecule has 0 radical (unpaired) electrons. The Morgan fingerprint density at radius 2 is 2.18 bits per heavy atom. The molecule has 1 aromatic carbocycles. The molecule has 1 amide bonds. The van der Waals surface area contributed by atoms with Crippen molar-refractivity contribution in [2.24, 2.45) is 0 Å². The van der Waals surface area contributed by atoms with E-state index >= 15 is 0 Å². The van der Waals surface area contributed by atoms with Crippen molar-refractivity contribution in [2.45, 2.75) is 12.8 Å². The van der Waals surface area contributed by atoms with Gasteiger partial charge < -0.3 is 0 Å². The third-order valence-electron chi connectivity index (χ3n) is 2.28. The van der Waals surface area contributed by atoms with Gasteiger partial charge in [0.2, 0.25) is 10.7 Å². The van der Waals surface area contributed by atoms with Crippen LogP contribution in [0.1, 0.15) is 12.0 Å². The summed E-state index contributed by atoms with van der Waals surface area (Å²) in [7, 11) is 0. The summed E-state index contributed by atoms with van der Waals surface area (Å²) < 4.78 is 1.76. The van der Waals surface area contributed by atoms with E-state index in [1.54, 1.807) is 0 Å². The molecule has 0 aliphatic carbocycles. The number of hydrogen-bond acceptors (Lipinski definition) is 3. The minimum Gasteiger partial charge on any atom is -0.273 e. The predicted octanol–water partition coefficient (Wildman–Crippen LogP) is 1.64. The molecule has 2 N–H and O–H groups in total. The second kappa shape index (κ2) is 5.40. The zero-order chi connectivity index (χ0) is 12.1. The maximum atomic E-state index is 11.6. The van der Waals surface area contributed by atoms with Gasteiger partial charge >= 0.3 is 0 Å². The largest absolute Gasteiger partial charge is 0.273 e. The summed E-state index contributed by atoms with van der Waals surface area (Å²) in [6.45, 7) is 0. The lowest BCUT2D eigenvalue weighted by molar-refractivity contribution is -0.117. The van der Waals surface area contributed by atoms with Gasteiger partial charge in [0.1, 0.15) is 6.33 Å². The number of aromatic nitrogens is 3. The standard InChI is InChI=1S/C11H12N4OS/c16-10(14-15-8-12-13-11(15)17)7-6-9-4-2-1-3-5-9/h1-5,8H,6-7H2,(H,13,17)(H,14,16). The molecule has 0 aliphatic heterocycles. The highest BCUT2D eigenvalue weighted by molar-refractivity contribution is 7.71. The van der Waals surface area contributed by atoms with Crippen LogP contribution in [0.15, 0.2) is 36.7 Å². The Morgan fingerprint density at radius 1 is 1.41 bits per heavy atom. The number of nitrogens with one attached hydrogen (secondary N) is 2. The number of carbonyl (C=O) groups is 1. The van der Waals surface area contributed by atoms with E-state index in [0.717, 1.165) is 5.56 Å². The summed E-state index contributed by atoms with van der Waals surface area (Å²) in [5, 5.41) is 6.27. The van der Waals surface area contributed by atoms with Crippen molar-refractivity contribution in [3.05, 3.63) is 47.0 Å². The molecule has 0 saturated heterocycles. The van der Waals surface area contributed by atoms with Crippen LogP contribution in [-0.4, -0.2) is 20.8 Å². The average molecular weight is 248 g/mol. The van der Waals surface area contributed by atoms with Gasteiger partial charge in [0.05, 0.1) is 0 Å². The molecule has 1 heterocycles. The normalized spacial score (nSPS) is 10.1. The average Bonchev–Trinajstić information content (AvgIpc) is 2.74. The molecular formula is C11H12N4OS. The molecule has 0 atom stereocenters. The molecule has 5 nitrogen and oxygen atoms in total. The summed E-state index contributed by atoms with van der Waals surface area (Å²) in [4.78, 5) is 11.6. The number of hydrogen-bond donors (Lipinski definition) is 2. The van der Waals surface area contributed by atoms with Gasteiger partial charge in [-0.05, 0) is 24.2 Å². The van der Waals surface area contributed by atoms with E-state index in [-0.39, 0.29) is 5.91 Å². The SMILES string of the molecule is O=C(CCc1ccccc1)Nn1cn[nH]c1=S. The molecule has 0 fully saturated rings. The van der Waals surface area contributed by atoms with Gasteiger partial charge in [0, 0.05) is 6.42 Å². The van der Waals surface area contributed by atoms with Crippen LogP contribution in [0, 0.1) is 4.77 Å². The lowest BCUT2D eigenvalue weighted by Gasteiger charge is -2.04. The molecule has 1 aromatic heterocycles. The topological polar surface area (TPSA) is 62.7 Å². The molecule has 17 heavy (non-hydrogen) atoms. The number of aromatic amines is 1. The fourth-order valence-electron chi connectivity index (χ4n) is 1.42. The van der Waals surface area contributed by atoms with Crippen molar-refractivity contribution in [1.82, 2.24) is 14.9 Å². The highest BCUT2D eigenvalue weighted by Crippen LogP contribution is 2.02. The van der Waals surface area contributed by atoms with Crippen LogP contribution in [0.5, 0.6) is 0 Å². The van der Waals surface area contributed by atoms with Crippen LogP contribution in [0.2, 0.25) is 0 Å². The Bertz CT molecular complexity index is 546. The van der Waals surface area contributed by atoms with Crippen LogP contribution in [0.4, 0.5) is 0 Å². The number of benzene rings is 1. The van der Waals surface area contributed by atoms with Crippen LogP contribution in [0.3, 0.4) is 0 Å². The summed E-state index contributed by atoms with van der Waals surface area (Å²) in [5.74, 6) is -0.0913. The van der Waals surface area contributed by atoms with Crippen molar-refractivity contribution in [2.75, 3.05) is 5.43 Å². The van der Waals surface area contributed by atoms with E-state index in [9.17, 15) is 4.79 Å². The number of H-pyrrole nitrogens is 1. The quantitative estimate of drug-likeness (QED) is 0.809. The number of amides is 1. The van der Waals surface area contributed by atoms with Gasteiger partial charge in [-0.25, -0.2) is 4.68 Å². The number of aryl methyl sites for hydroxylation is 1. The van der Waals surface area contributed by atoms with E-state index in [4.69, 9.17) is 12.2 Å². The molecule has 0 spiro atoms. The van der Waals surface area contributed by atoms with Crippen LogP contribution in [-0.2, 0) is 11.2 Å². The molecule has 0 unspecified atom stereocenters. The predicted molar refractivity (Wildman–Crippen MR) is 66.5 cm³/mol. The van der Waals surface area contributed by atoms with Gasteiger partial charge in [-0.1, -0.05) is 30.3 Å². The summed E-state index contributed by atoms with van der Waals surface area (Å²) in [5.41, 5.74) is 3.78. The van der Waals surface area contributed by atoms with Gasteiger partial charge in [0.25, 0.3) is 0 Å². The molecule has 2 rings (SSSR count). The minimum atomic E-state index is -0.0913. The Hall–Kier alpha value is -1.95. The van der Waals surface area contributed by atoms with Gasteiger partial charge in [-0.3, -0.25) is 15.3 Å². The molecule has 0 aliphatic rings. The lowest BCUT2D eigenvalue weighted by Crippen LogP contribution is -2.22. The zero-order valence-electron chi connectivity index (χ0n) is 9.09. The Balaban J connectivity index is 1.87. The van der Waals surface area contributed by atoms with Gasteiger partial charge in [-0.15, -0.1) is 0 Å². The smallest absolute Gasteiger partial charge is 0.239 e. The zero-order valence-corrected chi connectivity index (χ0v) is 9.91. The molecule has 0 saturated carbocycles. The molecule has 2 aromatic rings. The van der Waals surface area contributed by atoms with E-state index in [1.165, 1.54) is 11.0 Å². The van der Waals surface area contributed by atoms with E-state index in [0.29, 0.717) is 17.6 Å². The van der Waals surface area contributed by atoms with Crippen molar-refractivity contribution in [3.8, 4) is 0 Å². The molecule has 6 heteroatoms. The van der Waals surface area contributed by atoms with Crippen LogP contribution >= 0.6 is 12.2 Å². The first-order valence-corrected chi connectivity index (χ1v) is 5.62. The van der Waals surface area contributed by atoms with Crippen molar-refractivity contribution in [1.29, 1.82) is 0 Å². The van der Waals surface area contributed by atoms with Gasteiger partial charge in [-0.2, -0.15) is 5.10 Å². The molecule has 88 valence electrons. The number of nitrogens with zero attached hydrogens (tertiary/aromatic N) is 2. The van der Waals surface area contributed by atoms with Crippen molar-refractivity contribution < 1.29 is 4.79 Å². The van der Waals surface area contributed by atoms with Crippen LogP contribution in [0.25, 0.3) is 0 Å². The third-order valence-corrected chi connectivity index (χ3v) is 2.57. The first-order chi connectivity index (χ1) is 8.25. The Morgan fingerprint density at radius 3 is 2.82 bits per heavy atom. The second-order valence-corrected chi connectivity index (χ2v) is 3.94. The van der Waals surface area contributed by atoms with E-state index in [2.05, 4.69) is 15.6 Å². The first kappa shape index (κ1) is 11.5. The lowest BCUT2D eigenvalue weighted by atomic mass is 10.1. The number of carbonyl (C=O) groups excluding carboxylic acids is 1. The summed E-state index contributed by atoms with van der Waals surface area (Å²) >= 11 is 4.91. The second-order valence-electron chi connectivity index (χ2n) is 3.55. The summed E-state index contributed by atoms with van der Waals surface area (Å²) in [6.07, 6.45) is 2.55. The molecular weight excluding hydrogens is 236 g/mol. The first-order valence-electron chi connectivity index (χ1n) is 5.21. The molecule has 0 bridgehead atoms. The Labute approximate surface area is 103 Å². The van der Waals surface area contributed by atoms with Crippen LogP contribution < -0.4 is 5.43 Å². The minimum absolute atomic E-state index is 0.0913. The maximum Gasteiger partial charge on any atom is 0.239 e. The fourth-order valence-corrected chi connectivity index (χ4v) is 1.57. The monoisotopic (exact) mass is 248 g/mol.